The molecule has 0 atom stereocenters. The summed E-state index contributed by atoms with van der Waals surface area (Å²) in [5.74, 6) is 2.54. The lowest BCUT2D eigenvalue weighted by Gasteiger charge is -2.39. The average Bonchev–Trinajstić information content (AvgIpc) is 3.38. The zero-order valence-corrected chi connectivity index (χ0v) is 14.5. The molecule has 0 unspecified atom stereocenters. The van der Waals surface area contributed by atoms with Gasteiger partial charge in [0.05, 0.1) is 11.9 Å². The van der Waals surface area contributed by atoms with Crippen molar-refractivity contribution < 1.29 is 0 Å². The van der Waals surface area contributed by atoms with E-state index in [1.807, 2.05) is 0 Å². The van der Waals surface area contributed by atoms with Gasteiger partial charge in [-0.15, -0.1) is 5.10 Å². The molecule has 0 bridgehead atoms. The van der Waals surface area contributed by atoms with Crippen LogP contribution in [0, 0.1) is 5.92 Å². The lowest BCUT2D eigenvalue weighted by Crippen LogP contribution is -2.50. The van der Waals surface area contributed by atoms with E-state index in [4.69, 9.17) is 0 Å². The van der Waals surface area contributed by atoms with Gasteiger partial charge in [-0.2, -0.15) is 15.2 Å². The van der Waals surface area contributed by atoms with E-state index in [-0.39, 0.29) is 5.56 Å². The highest BCUT2D eigenvalue weighted by atomic mass is 16.1. The number of H-pyrrole nitrogens is 1. The van der Waals surface area contributed by atoms with Gasteiger partial charge in [0.2, 0.25) is 5.95 Å². The normalized spacial score (nSPS) is 17.5. The fraction of sp³-hybridized carbons (Fsp3) is 0.471. The largest absolute Gasteiger partial charge is 0.355 e. The highest BCUT2D eigenvalue weighted by molar-refractivity contribution is 5.74. The zero-order chi connectivity index (χ0) is 17.7. The minimum Gasteiger partial charge on any atom is -0.355 e. The van der Waals surface area contributed by atoms with Gasteiger partial charge < -0.3 is 10.2 Å². The van der Waals surface area contributed by atoms with Crippen molar-refractivity contribution in [2.75, 3.05) is 29.9 Å². The Labute approximate surface area is 149 Å². The summed E-state index contributed by atoms with van der Waals surface area (Å²) in [7, 11) is 1.78. The number of aromatic amines is 1. The Kier molecular flexibility index (Phi) is 3.41. The summed E-state index contributed by atoms with van der Waals surface area (Å²) in [5.41, 5.74) is 1.53. The maximum atomic E-state index is 12.0. The number of nitrogens with zero attached hydrogens (tertiary/aromatic N) is 6. The van der Waals surface area contributed by atoms with E-state index in [1.165, 1.54) is 19.0 Å². The Hall–Kier alpha value is -2.97. The summed E-state index contributed by atoms with van der Waals surface area (Å²) in [4.78, 5) is 21.5. The number of rotatable bonds is 5. The molecule has 4 heterocycles. The van der Waals surface area contributed by atoms with Crippen LogP contribution in [0.3, 0.4) is 0 Å². The van der Waals surface area contributed by atoms with Crippen LogP contribution in [-0.4, -0.2) is 49.6 Å². The van der Waals surface area contributed by atoms with E-state index in [1.54, 1.807) is 11.7 Å². The van der Waals surface area contributed by atoms with Gasteiger partial charge in [-0.05, 0) is 25.0 Å². The van der Waals surface area contributed by atoms with Crippen LogP contribution in [-0.2, 0) is 7.05 Å². The summed E-state index contributed by atoms with van der Waals surface area (Å²) in [6.45, 7) is 2.58. The number of hydrogen-bond acceptors (Lipinski definition) is 7. The molecule has 3 aromatic heterocycles. The molecule has 9 nitrogen and oxygen atoms in total. The molecule has 0 spiro atoms. The number of fused-ring (bicyclic) bond motifs is 1. The minimum absolute atomic E-state index is 0.174. The molecule has 1 aliphatic carbocycles. The van der Waals surface area contributed by atoms with Crippen molar-refractivity contribution in [3.63, 3.8) is 0 Å². The maximum Gasteiger partial charge on any atom is 0.263 e. The predicted octanol–water partition coefficient (Wildman–Crippen LogP) is 0.872. The Morgan fingerprint density at radius 2 is 2.12 bits per heavy atom. The molecule has 2 fully saturated rings. The van der Waals surface area contributed by atoms with E-state index in [2.05, 4.69) is 47.6 Å². The molecule has 3 aromatic rings. The van der Waals surface area contributed by atoms with E-state index in [0.717, 1.165) is 31.1 Å². The molecule has 0 aromatic carbocycles. The van der Waals surface area contributed by atoms with Gasteiger partial charge in [-0.25, -0.2) is 0 Å². The van der Waals surface area contributed by atoms with Gasteiger partial charge in [0, 0.05) is 38.5 Å². The van der Waals surface area contributed by atoms with E-state index in [9.17, 15) is 4.79 Å². The molecule has 2 aliphatic rings. The second kappa shape index (κ2) is 5.79. The van der Waals surface area contributed by atoms with Crippen molar-refractivity contribution in [1.29, 1.82) is 0 Å². The van der Waals surface area contributed by atoms with Crippen molar-refractivity contribution in [3.05, 3.63) is 34.4 Å². The van der Waals surface area contributed by atoms with Crippen LogP contribution < -0.4 is 15.8 Å². The lowest BCUT2D eigenvalue weighted by atomic mass is 10.0. The smallest absolute Gasteiger partial charge is 0.263 e. The van der Waals surface area contributed by atoms with Crippen molar-refractivity contribution in [2.45, 2.75) is 18.8 Å². The second-order valence-electron chi connectivity index (χ2n) is 7.16. The molecule has 9 heteroatoms. The first-order valence-electron chi connectivity index (χ1n) is 8.92. The molecular formula is C17H20N8O. The quantitative estimate of drug-likeness (QED) is 0.702. The molecule has 0 amide bonds. The Bertz CT molecular complexity index is 998. The number of aryl methyl sites for hydroxylation is 1. The summed E-state index contributed by atoms with van der Waals surface area (Å²) >= 11 is 0. The Morgan fingerprint density at radius 3 is 2.85 bits per heavy atom. The van der Waals surface area contributed by atoms with Crippen molar-refractivity contribution in [1.82, 2.24) is 29.9 Å². The number of anilines is 2. The third kappa shape index (κ3) is 2.69. The SMILES string of the molecule is Cn1ncc2c(=O)[nH]c(NCC3CN(c4ccc(C5CC5)nn4)C3)nc21. The van der Waals surface area contributed by atoms with Crippen LogP contribution in [0.25, 0.3) is 11.0 Å². The van der Waals surface area contributed by atoms with Crippen molar-refractivity contribution >= 4 is 22.8 Å². The van der Waals surface area contributed by atoms with Crippen LogP contribution in [0.2, 0.25) is 0 Å². The van der Waals surface area contributed by atoms with Gasteiger partial charge in [-0.3, -0.25) is 14.5 Å². The van der Waals surface area contributed by atoms with Gasteiger partial charge in [0.25, 0.3) is 5.56 Å². The Balaban J connectivity index is 1.19. The first kappa shape index (κ1) is 15.3. The number of hydrogen-bond donors (Lipinski definition) is 2. The predicted molar refractivity (Wildman–Crippen MR) is 97.3 cm³/mol. The van der Waals surface area contributed by atoms with Gasteiger partial charge in [0.15, 0.2) is 11.5 Å². The fourth-order valence-electron chi connectivity index (χ4n) is 3.34. The Morgan fingerprint density at radius 1 is 1.27 bits per heavy atom. The number of nitrogens with one attached hydrogen (secondary N) is 2. The van der Waals surface area contributed by atoms with Crippen LogP contribution in [0.5, 0.6) is 0 Å². The molecule has 1 saturated carbocycles. The standard InChI is InChI=1S/C17H20N8O/c1-24-15-12(7-19-24)16(26)21-17(20-15)18-6-10-8-25(9-10)14-5-4-13(22-23-14)11-2-3-11/h4-5,7,10-11H,2-3,6,8-9H2,1H3,(H2,18,20,21,26). The minimum atomic E-state index is -0.174. The summed E-state index contributed by atoms with van der Waals surface area (Å²) in [5, 5.41) is 16.5. The third-order valence-electron chi connectivity index (χ3n) is 5.11. The van der Waals surface area contributed by atoms with E-state index in [0.29, 0.717) is 28.8 Å². The summed E-state index contributed by atoms with van der Waals surface area (Å²) in [6, 6.07) is 4.17. The summed E-state index contributed by atoms with van der Waals surface area (Å²) < 4.78 is 1.60. The average molecular weight is 352 g/mol. The van der Waals surface area contributed by atoms with Crippen LogP contribution in [0.1, 0.15) is 24.5 Å². The van der Waals surface area contributed by atoms with E-state index < -0.39 is 0 Å². The van der Waals surface area contributed by atoms with Crippen molar-refractivity contribution in [2.24, 2.45) is 13.0 Å². The number of aromatic nitrogens is 6. The zero-order valence-electron chi connectivity index (χ0n) is 14.5. The first-order valence-corrected chi connectivity index (χ1v) is 8.92. The topological polar surface area (TPSA) is 105 Å². The van der Waals surface area contributed by atoms with E-state index >= 15 is 0 Å². The maximum absolute atomic E-state index is 12.0. The highest BCUT2D eigenvalue weighted by Gasteiger charge is 2.29. The first-order chi connectivity index (χ1) is 12.7. The highest BCUT2D eigenvalue weighted by Crippen LogP contribution is 2.38. The molecule has 5 rings (SSSR count). The molecule has 2 N–H and O–H groups in total. The summed E-state index contributed by atoms with van der Waals surface area (Å²) in [6.07, 6.45) is 4.02. The van der Waals surface area contributed by atoms with Gasteiger partial charge >= 0.3 is 0 Å². The molecule has 26 heavy (non-hydrogen) atoms. The molecule has 0 radical (unpaired) electrons. The monoisotopic (exact) mass is 352 g/mol. The third-order valence-corrected chi connectivity index (χ3v) is 5.11. The van der Waals surface area contributed by atoms with Crippen LogP contribution in [0.4, 0.5) is 11.8 Å². The van der Waals surface area contributed by atoms with Crippen LogP contribution >= 0.6 is 0 Å². The lowest BCUT2D eigenvalue weighted by molar-refractivity contribution is 0.424. The molecule has 134 valence electrons. The fourth-order valence-corrected chi connectivity index (χ4v) is 3.34. The van der Waals surface area contributed by atoms with Crippen molar-refractivity contribution in [3.8, 4) is 0 Å². The van der Waals surface area contributed by atoms with Crippen LogP contribution in [0.15, 0.2) is 23.1 Å². The molecular weight excluding hydrogens is 332 g/mol. The molecule has 1 aliphatic heterocycles. The molecule has 1 saturated heterocycles. The second-order valence-corrected chi connectivity index (χ2v) is 7.16. The van der Waals surface area contributed by atoms with Gasteiger partial charge in [-0.1, -0.05) is 0 Å². The van der Waals surface area contributed by atoms with Gasteiger partial charge in [0.1, 0.15) is 5.39 Å².